The van der Waals surface area contributed by atoms with Gasteiger partial charge in [-0.05, 0) is 35.6 Å². The van der Waals surface area contributed by atoms with Crippen molar-refractivity contribution in [3.8, 4) is 5.75 Å². The average Bonchev–Trinajstić information content (AvgIpc) is 2.64. The van der Waals surface area contributed by atoms with E-state index in [1.165, 1.54) is 0 Å². The van der Waals surface area contributed by atoms with Crippen molar-refractivity contribution < 1.29 is 14.6 Å². The lowest BCUT2D eigenvalue weighted by atomic mass is 10.0. The molecule has 0 heterocycles. The number of ether oxygens (including phenoxy) is 1. The number of carbonyl (C=O) groups is 1. The summed E-state index contributed by atoms with van der Waals surface area (Å²) in [6, 6.07) is 16.6. The van der Waals surface area contributed by atoms with Gasteiger partial charge in [0.2, 0.25) is 5.91 Å². The van der Waals surface area contributed by atoms with E-state index in [2.05, 4.69) is 5.32 Å². The van der Waals surface area contributed by atoms with Gasteiger partial charge in [-0.2, -0.15) is 0 Å². The van der Waals surface area contributed by atoms with Crippen molar-refractivity contribution in [2.24, 2.45) is 11.7 Å². The van der Waals surface area contributed by atoms with Gasteiger partial charge in [-0.25, -0.2) is 0 Å². The van der Waals surface area contributed by atoms with Crippen LogP contribution in [0.15, 0.2) is 54.6 Å². The van der Waals surface area contributed by atoms with Crippen molar-refractivity contribution in [2.45, 2.75) is 39.0 Å². The highest BCUT2D eigenvalue weighted by molar-refractivity contribution is 5.81. The van der Waals surface area contributed by atoms with E-state index in [9.17, 15) is 9.90 Å². The summed E-state index contributed by atoms with van der Waals surface area (Å²) >= 11 is 0. The third kappa shape index (κ3) is 6.50. The smallest absolute Gasteiger partial charge is 0.237 e. The maximum absolute atomic E-state index is 12.0. The lowest BCUT2D eigenvalue weighted by Gasteiger charge is -2.17. The molecule has 5 heteroatoms. The molecule has 0 aromatic heterocycles. The van der Waals surface area contributed by atoms with Crippen LogP contribution in [0.4, 0.5) is 0 Å². The third-order valence-corrected chi connectivity index (χ3v) is 4.02. The number of amides is 1. The first kappa shape index (κ1) is 19.9. The fourth-order valence-electron chi connectivity index (χ4n) is 2.61. The summed E-state index contributed by atoms with van der Waals surface area (Å²) < 4.78 is 5.77. The van der Waals surface area contributed by atoms with Crippen LogP contribution in [-0.2, 0) is 11.4 Å². The largest absolute Gasteiger partial charge is 0.489 e. The second-order valence-electron chi connectivity index (χ2n) is 6.84. The normalized spacial score (nSPS) is 13.3. The van der Waals surface area contributed by atoms with E-state index in [-0.39, 0.29) is 12.5 Å². The molecule has 5 nitrogen and oxygen atoms in total. The summed E-state index contributed by atoms with van der Waals surface area (Å²) in [5.74, 6) is 0.779. The van der Waals surface area contributed by atoms with E-state index < -0.39 is 12.1 Å². The van der Waals surface area contributed by atoms with Crippen LogP contribution in [0.1, 0.15) is 37.5 Å². The highest BCUT2D eigenvalue weighted by atomic mass is 16.5. The van der Waals surface area contributed by atoms with E-state index in [4.69, 9.17) is 10.5 Å². The molecule has 0 aliphatic heterocycles. The molecule has 4 N–H and O–H groups in total. The maximum Gasteiger partial charge on any atom is 0.237 e. The number of benzene rings is 2. The number of nitrogens with one attached hydrogen (secondary N) is 1. The monoisotopic (exact) mass is 356 g/mol. The van der Waals surface area contributed by atoms with Gasteiger partial charge in [0.1, 0.15) is 12.4 Å². The Bertz CT molecular complexity index is 689. The second kappa shape index (κ2) is 9.94. The zero-order chi connectivity index (χ0) is 18.9. The molecule has 0 saturated heterocycles. The van der Waals surface area contributed by atoms with E-state index >= 15 is 0 Å². The minimum Gasteiger partial charge on any atom is -0.489 e. The van der Waals surface area contributed by atoms with Crippen LogP contribution in [0.3, 0.4) is 0 Å². The summed E-state index contributed by atoms with van der Waals surface area (Å²) in [7, 11) is 0. The summed E-state index contributed by atoms with van der Waals surface area (Å²) in [5.41, 5.74) is 7.61. The van der Waals surface area contributed by atoms with Crippen LogP contribution in [0.25, 0.3) is 0 Å². The van der Waals surface area contributed by atoms with Crippen molar-refractivity contribution >= 4 is 5.91 Å². The van der Waals surface area contributed by atoms with Gasteiger partial charge in [0, 0.05) is 6.54 Å². The number of carbonyl (C=O) groups excluding carboxylic acids is 1. The first-order valence-corrected chi connectivity index (χ1v) is 8.93. The van der Waals surface area contributed by atoms with Gasteiger partial charge in [0.05, 0.1) is 12.1 Å². The molecule has 0 bridgehead atoms. The molecule has 2 aromatic rings. The molecule has 0 radical (unpaired) electrons. The molecule has 0 saturated carbocycles. The van der Waals surface area contributed by atoms with Gasteiger partial charge in [0.25, 0.3) is 0 Å². The molecule has 1 unspecified atom stereocenters. The Morgan fingerprint density at radius 3 is 2.58 bits per heavy atom. The topological polar surface area (TPSA) is 84.6 Å². The molecule has 0 spiro atoms. The summed E-state index contributed by atoms with van der Waals surface area (Å²) in [6.45, 7) is 4.61. The zero-order valence-corrected chi connectivity index (χ0v) is 15.4. The van der Waals surface area contributed by atoms with E-state index in [1.54, 1.807) is 12.1 Å². The van der Waals surface area contributed by atoms with Crippen LogP contribution < -0.4 is 15.8 Å². The molecule has 2 atom stereocenters. The Kier molecular flexibility index (Phi) is 7.63. The Hall–Kier alpha value is -2.37. The van der Waals surface area contributed by atoms with Crippen LogP contribution in [0.5, 0.6) is 5.75 Å². The SMILES string of the molecule is CC(C)C[C@H](N)C(=O)NCC(O)c1cccc(OCc2ccccc2)c1. The molecular weight excluding hydrogens is 328 g/mol. The Morgan fingerprint density at radius 1 is 1.15 bits per heavy atom. The molecular formula is C21H28N2O3. The predicted octanol–water partition coefficient (Wildman–Crippen LogP) is 2.79. The van der Waals surface area contributed by atoms with E-state index in [0.717, 1.165) is 5.56 Å². The van der Waals surface area contributed by atoms with Gasteiger partial charge >= 0.3 is 0 Å². The fourth-order valence-corrected chi connectivity index (χ4v) is 2.61. The van der Waals surface area contributed by atoms with Gasteiger partial charge < -0.3 is 20.9 Å². The van der Waals surface area contributed by atoms with Crippen LogP contribution in [0.2, 0.25) is 0 Å². The summed E-state index contributed by atoms with van der Waals surface area (Å²) in [4.78, 5) is 12.0. The van der Waals surface area contributed by atoms with Crippen LogP contribution in [0, 0.1) is 5.92 Å². The Morgan fingerprint density at radius 2 is 1.88 bits per heavy atom. The molecule has 0 fully saturated rings. The van der Waals surface area contributed by atoms with Gasteiger partial charge in [-0.3, -0.25) is 4.79 Å². The number of nitrogens with two attached hydrogens (primary N) is 1. The number of aliphatic hydroxyl groups is 1. The Labute approximate surface area is 155 Å². The summed E-state index contributed by atoms with van der Waals surface area (Å²) in [5, 5.41) is 13.0. The standard InChI is InChI=1S/C21H28N2O3/c1-15(2)11-19(22)21(25)23-13-20(24)17-9-6-10-18(12-17)26-14-16-7-4-3-5-8-16/h3-10,12,15,19-20,24H,11,13-14,22H2,1-2H3,(H,23,25)/t19-,20?/m0/s1. The Balaban J connectivity index is 1.87. The number of aliphatic hydroxyl groups excluding tert-OH is 1. The molecule has 2 rings (SSSR count). The van der Waals surface area contributed by atoms with E-state index in [1.807, 2.05) is 56.3 Å². The maximum atomic E-state index is 12.0. The predicted molar refractivity (Wildman–Crippen MR) is 103 cm³/mol. The van der Waals surface area contributed by atoms with E-state index in [0.29, 0.717) is 30.3 Å². The number of rotatable bonds is 9. The first-order valence-electron chi connectivity index (χ1n) is 8.93. The molecule has 0 aliphatic rings. The second-order valence-corrected chi connectivity index (χ2v) is 6.84. The van der Waals surface area contributed by atoms with Crippen molar-refractivity contribution in [1.29, 1.82) is 0 Å². The van der Waals surface area contributed by atoms with Crippen LogP contribution in [-0.4, -0.2) is 23.6 Å². The highest BCUT2D eigenvalue weighted by Gasteiger charge is 2.16. The lowest BCUT2D eigenvalue weighted by Crippen LogP contribution is -2.42. The number of hydrogen-bond acceptors (Lipinski definition) is 4. The van der Waals surface area contributed by atoms with Gasteiger partial charge in [-0.1, -0.05) is 56.3 Å². The number of hydrogen-bond donors (Lipinski definition) is 3. The third-order valence-electron chi connectivity index (χ3n) is 4.02. The molecule has 26 heavy (non-hydrogen) atoms. The first-order chi connectivity index (χ1) is 12.5. The van der Waals surface area contributed by atoms with Crippen molar-refractivity contribution in [1.82, 2.24) is 5.32 Å². The molecule has 2 aromatic carbocycles. The van der Waals surface area contributed by atoms with Gasteiger partial charge in [-0.15, -0.1) is 0 Å². The van der Waals surface area contributed by atoms with Crippen molar-refractivity contribution in [3.05, 3.63) is 65.7 Å². The van der Waals surface area contributed by atoms with Gasteiger partial charge in [0.15, 0.2) is 0 Å². The zero-order valence-electron chi connectivity index (χ0n) is 15.4. The van der Waals surface area contributed by atoms with Crippen LogP contribution >= 0.6 is 0 Å². The quantitative estimate of drug-likeness (QED) is 0.645. The molecule has 1 amide bonds. The lowest BCUT2D eigenvalue weighted by molar-refractivity contribution is -0.123. The molecule has 140 valence electrons. The minimum atomic E-state index is -0.814. The summed E-state index contributed by atoms with van der Waals surface area (Å²) in [6.07, 6.45) is -0.199. The van der Waals surface area contributed by atoms with Crippen molar-refractivity contribution in [2.75, 3.05) is 6.54 Å². The minimum absolute atomic E-state index is 0.118. The molecule has 0 aliphatic carbocycles. The fraction of sp³-hybridized carbons (Fsp3) is 0.381. The highest BCUT2D eigenvalue weighted by Crippen LogP contribution is 2.20. The average molecular weight is 356 g/mol. The van der Waals surface area contributed by atoms with Crippen molar-refractivity contribution in [3.63, 3.8) is 0 Å².